The fourth-order valence-corrected chi connectivity index (χ4v) is 6.29. The number of ether oxygens (including phenoxy) is 3. The van der Waals surface area contributed by atoms with Gasteiger partial charge >= 0.3 is 0 Å². The minimum absolute atomic E-state index is 0.0849. The first kappa shape index (κ1) is 28.9. The molecule has 10 nitrogen and oxygen atoms in total. The van der Waals surface area contributed by atoms with Crippen molar-refractivity contribution < 1.29 is 28.9 Å². The summed E-state index contributed by atoms with van der Waals surface area (Å²) in [6.45, 7) is 5.51. The van der Waals surface area contributed by atoms with E-state index in [1.807, 2.05) is 63.4 Å². The Hall–Kier alpha value is -4.19. The van der Waals surface area contributed by atoms with E-state index < -0.39 is 6.04 Å². The molecular formula is C32H34N4O6S. The van der Waals surface area contributed by atoms with E-state index in [-0.39, 0.29) is 37.2 Å². The fourth-order valence-electron chi connectivity index (χ4n) is 5.43. The molecule has 3 aromatic carbocycles. The lowest BCUT2D eigenvalue weighted by molar-refractivity contribution is 0.0343. The molecule has 0 saturated carbocycles. The topological polar surface area (TPSA) is 113 Å². The fraction of sp³-hybridized carbons (Fsp3) is 0.344. The van der Waals surface area contributed by atoms with Crippen molar-refractivity contribution in [2.75, 3.05) is 38.9 Å². The predicted molar refractivity (Wildman–Crippen MR) is 164 cm³/mol. The van der Waals surface area contributed by atoms with Gasteiger partial charge in [0.2, 0.25) is 6.79 Å². The number of thiazole rings is 1. The van der Waals surface area contributed by atoms with Gasteiger partial charge in [0.1, 0.15) is 6.10 Å². The van der Waals surface area contributed by atoms with Crippen LogP contribution in [0.3, 0.4) is 0 Å². The molecule has 43 heavy (non-hydrogen) atoms. The molecule has 3 atom stereocenters. The maximum absolute atomic E-state index is 13.8. The molecule has 1 aromatic heterocycles. The van der Waals surface area contributed by atoms with Crippen molar-refractivity contribution in [3.05, 3.63) is 76.8 Å². The number of aliphatic hydroxyl groups excluding tert-OH is 1. The van der Waals surface area contributed by atoms with E-state index in [9.17, 15) is 14.7 Å². The number of hydrogen-bond donors (Lipinski definition) is 2. The van der Waals surface area contributed by atoms with E-state index in [1.54, 1.807) is 23.1 Å². The molecule has 2 aliphatic heterocycles. The molecule has 0 spiro atoms. The normalized spacial score (nSPS) is 18.6. The van der Waals surface area contributed by atoms with Crippen molar-refractivity contribution >= 4 is 39.1 Å². The summed E-state index contributed by atoms with van der Waals surface area (Å²) in [6, 6.07) is 18.3. The van der Waals surface area contributed by atoms with Gasteiger partial charge < -0.3 is 29.5 Å². The third-order valence-electron chi connectivity index (χ3n) is 7.81. The van der Waals surface area contributed by atoms with Gasteiger partial charge in [-0.1, -0.05) is 31.2 Å². The Labute approximate surface area is 253 Å². The van der Waals surface area contributed by atoms with Crippen molar-refractivity contribution in [2.24, 2.45) is 5.92 Å². The van der Waals surface area contributed by atoms with E-state index >= 15 is 0 Å². The molecule has 3 heterocycles. The average Bonchev–Trinajstić information content (AvgIpc) is 3.66. The first-order valence-electron chi connectivity index (χ1n) is 14.3. The van der Waals surface area contributed by atoms with Crippen LogP contribution in [0.15, 0.2) is 60.7 Å². The molecule has 2 amide bonds. The van der Waals surface area contributed by atoms with E-state index in [0.29, 0.717) is 41.6 Å². The molecule has 0 fully saturated rings. The van der Waals surface area contributed by atoms with Gasteiger partial charge in [-0.15, -0.1) is 11.3 Å². The number of nitrogens with one attached hydrogen (secondary N) is 1. The molecule has 224 valence electrons. The zero-order chi connectivity index (χ0) is 30.1. The Morgan fingerprint density at radius 1 is 1.16 bits per heavy atom. The molecule has 0 radical (unpaired) electrons. The van der Waals surface area contributed by atoms with Crippen LogP contribution >= 0.6 is 11.3 Å². The average molecular weight is 603 g/mol. The predicted octanol–water partition coefficient (Wildman–Crippen LogP) is 4.63. The highest BCUT2D eigenvalue weighted by molar-refractivity contribution is 7.20. The molecule has 2 N–H and O–H groups in total. The third kappa shape index (κ3) is 6.01. The summed E-state index contributed by atoms with van der Waals surface area (Å²) in [5, 5.41) is 13.3. The maximum atomic E-state index is 13.8. The van der Waals surface area contributed by atoms with Crippen LogP contribution in [0.25, 0.3) is 10.2 Å². The molecular weight excluding hydrogens is 568 g/mol. The van der Waals surface area contributed by atoms with E-state index in [4.69, 9.17) is 14.2 Å². The molecule has 6 rings (SSSR count). The number of likely N-dealkylation sites (N-methyl/N-ethyl adjacent to an activating group) is 1. The van der Waals surface area contributed by atoms with Gasteiger partial charge in [0, 0.05) is 25.6 Å². The highest BCUT2D eigenvalue weighted by atomic mass is 32.1. The van der Waals surface area contributed by atoms with Gasteiger partial charge in [-0.05, 0) is 55.9 Å². The summed E-state index contributed by atoms with van der Waals surface area (Å²) >= 11 is 1.30. The van der Waals surface area contributed by atoms with Crippen LogP contribution in [-0.2, 0) is 6.54 Å². The van der Waals surface area contributed by atoms with Gasteiger partial charge in [-0.2, -0.15) is 0 Å². The number of anilines is 1. The number of carbonyl (C=O) groups excluding carboxylic acids is 2. The monoisotopic (exact) mass is 602 g/mol. The number of rotatable bonds is 8. The molecule has 0 aliphatic carbocycles. The van der Waals surface area contributed by atoms with Gasteiger partial charge in [0.05, 0.1) is 34.1 Å². The van der Waals surface area contributed by atoms with Crippen LogP contribution in [-0.4, -0.2) is 77.4 Å². The van der Waals surface area contributed by atoms with Gasteiger partial charge in [-0.25, -0.2) is 4.98 Å². The number of para-hydroxylation sites is 2. The number of amides is 2. The van der Waals surface area contributed by atoms with Crippen molar-refractivity contribution in [3.8, 4) is 17.2 Å². The third-order valence-corrected chi connectivity index (χ3v) is 8.84. The standard InChI is InChI=1S/C32H34N4O6S/c1-19-14-36(20(2)17-37)32(39)22-7-6-9-24(33-30(38)31-34-23-8-4-5-10-28(23)43-31)29(22)42-27(19)16-35(3)15-21-11-12-25-26(13-21)41-18-40-25/h4-13,19-20,27,37H,14-18H2,1-3H3,(H,33,38)/t19-,20+,27-/m0/s1. The van der Waals surface area contributed by atoms with E-state index in [1.165, 1.54) is 11.3 Å². The second kappa shape index (κ2) is 12.2. The van der Waals surface area contributed by atoms with E-state index in [2.05, 4.69) is 15.2 Å². The van der Waals surface area contributed by atoms with Crippen LogP contribution in [0.4, 0.5) is 5.69 Å². The zero-order valence-electron chi connectivity index (χ0n) is 24.3. The summed E-state index contributed by atoms with van der Waals surface area (Å²) in [5.41, 5.74) is 2.54. The van der Waals surface area contributed by atoms with Crippen molar-refractivity contribution in [3.63, 3.8) is 0 Å². The number of aliphatic hydroxyl groups is 1. The SMILES string of the molecule is C[C@H](CO)N1C[C@H](C)[C@H](CN(C)Cc2ccc3c(c2)OCO3)Oc2c(NC(=O)c3nc4ccccc4s3)cccc2C1=O. The molecule has 0 saturated heterocycles. The Kier molecular flexibility index (Phi) is 8.20. The molecule has 11 heteroatoms. The number of nitrogens with zero attached hydrogens (tertiary/aromatic N) is 3. The van der Waals surface area contributed by atoms with Gasteiger partial charge in [-0.3, -0.25) is 14.5 Å². The summed E-state index contributed by atoms with van der Waals surface area (Å²) in [4.78, 5) is 35.5. The second-order valence-electron chi connectivity index (χ2n) is 11.1. The highest BCUT2D eigenvalue weighted by Crippen LogP contribution is 2.36. The maximum Gasteiger partial charge on any atom is 0.284 e. The molecule has 0 unspecified atom stereocenters. The molecule has 2 aliphatic rings. The summed E-state index contributed by atoms with van der Waals surface area (Å²) in [5.74, 6) is 1.06. The zero-order valence-corrected chi connectivity index (χ0v) is 25.1. The summed E-state index contributed by atoms with van der Waals surface area (Å²) in [7, 11) is 2.01. The van der Waals surface area contributed by atoms with Crippen LogP contribution in [0.1, 0.15) is 39.6 Å². The highest BCUT2D eigenvalue weighted by Gasteiger charge is 2.35. The van der Waals surface area contributed by atoms with Crippen molar-refractivity contribution in [2.45, 2.75) is 32.5 Å². The minimum atomic E-state index is -0.395. The molecule has 4 aromatic rings. The Bertz CT molecular complexity index is 1630. The number of fused-ring (bicyclic) bond motifs is 3. The number of carbonyl (C=O) groups is 2. The molecule has 0 bridgehead atoms. The van der Waals surface area contributed by atoms with Crippen LogP contribution in [0, 0.1) is 5.92 Å². The quantitative estimate of drug-likeness (QED) is 0.300. The smallest absolute Gasteiger partial charge is 0.284 e. The lowest BCUT2D eigenvalue weighted by Crippen LogP contribution is -2.49. The largest absolute Gasteiger partial charge is 0.486 e. The first-order chi connectivity index (χ1) is 20.8. The first-order valence-corrected chi connectivity index (χ1v) is 15.1. The Morgan fingerprint density at radius 3 is 2.79 bits per heavy atom. The van der Waals surface area contributed by atoms with Crippen LogP contribution in [0.2, 0.25) is 0 Å². The van der Waals surface area contributed by atoms with Crippen molar-refractivity contribution in [1.29, 1.82) is 0 Å². The van der Waals surface area contributed by atoms with Gasteiger partial charge in [0.25, 0.3) is 11.8 Å². The minimum Gasteiger partial charge on any atom is -0.486 e. The Morgan fingerprint density at radius 2 is 1.98 bits per heavy atom. The van der Waals surface area contributed by atoms with Crippen LogP contribution in [0.5, 0.6) is 17.2 Å². The Balaban J connectivity index is 1.29. The lowest BCUT2D eigenvalue weighted by atomic mass is 9.98. The van der Waals surface area contributed by atoms with Gasteiger partial charge in [0.15, 0.2) is 22.3 Å². The van der Waals surface area contributed by atoms with Crippen molar-refractivity contribution in [1.82, 2.24) is 14.8 Å². The van der Waals surface area contributed by atoms with Crippen LogP contribution < -0.4 is 19.5 Å². The van der Waals surface area contributed by atoms with E-state index in [0.717, 1.165) is 27.3 Å². The number of benzene rings is 3. The summed E-state index contributed by atoms with van der Waals surface area (Å²) < 4.78 is 18.6. The second-order valence-corrected chi connectivity index (χ2v) is 12.2. The summed E-state index contributed by atoms with van der Waals surface area (Å²) in [6.07, 6.45) is -0.334. The number of aromatic nitrogens is 1. The lowest BCUT2D eigenvalue weighted by Gasteiger charge is -2.38. The number of hydrogen-bond acceptors (Lipinski definition) is 9.